The number of carbonyl (C=O) groups is 2. The molecule has 0 aromatic heterocycles. The first-order valence-corrected chi connectivity index (χ1v) is 5.40. The van der Waals surface area contributed by atoms with Gasteiger partial charge in [0.1, 0.15) is 5.82 Å². The summed E-state index contributed by atoms with van der Waals surface area (Å²) in [4.78, 5) is 23.7. The fraction of sp³-hybridized carbons (Fsp3) is 0.273. The van der Waals surface area contributed by atoms with E-state index in [1.165, 1.54) is 12.1 Å². The normalized spacial score (nSPS) is 19.8. The highest BCUT2D eigenvalue weighted by atomic mass is 35.5. The van der Waals surface area contributed by atoms with Gasteiger partial charge in [0.15, 0.2) is 0 Å². The molecule has 90 valence electrons. The van der Waals surface area contributed by atoms with E-state index in [1.54, 1.807) is 0 Å². The minimum atomic E-state index is -1.27. The number of para-hydroxylation sites is 1. The lowest BCUT2D eigenvalue weighted by Crippen LogP contribution is -2.27. The third-order valence-electron chi connectivity index (χ3n) is 2.56. The predicted molar refractivity (Wildman–Crippen MR) is 60.0 cm³/mol. The Balaban J connectivity index is 2.51. The van der Waals surface area contributed by atoms with Crippen molar-refractivity contribution in [2.24, 2.45) is 0 Å². The first kappa shape index (κ1) is 11.9. The number of alkyl halides is 1. The van der Waals surface area contributed by atoms with Crippen LogP contribution in [0.5, 0.6) is 0 Å². The van der Waals surface area contributed by atoms with Gasteiger partial charge in [0.2, 0.25) is 5.91 Å². The molecule has 1 aromatic carbocycles. The second kappa shape index (κ2) is 4.33. The second-order valence-electron chi connectivity index (χ2n) is 3.75. The number of anilines is 1. The molecule has 0 radical (unpaired) electrons. The number of rotatable bonds is 2. The first-order valence-electron chi connectivity index (χ1n) is 4.97. The summed E-state index contributed by atoms with van der Waals surface area (Å²) in [5.74, 6) is -2.37. The topological polar surface area (TPSA) is 57.6 Å². The van der Waals surface area contributed by atoms with Crippen LogP contribution in [0.4, 0.5) is 10.1 Å². The number of hydrogen-bond acceptors (Lipinski definition) is 2. The standard InChI is InChI=1S/C11H9ClFNO3/c12-6-4-9(15)14(5-6)10-7(11(16)17)2-1-3-8(10)13/h1-3,6H,4-5H2,(H,16,17). The molecule has 1 aliphatic heterocycles. The minimum Gasteiger partial charge on any atom is -0.478 e. The van der Waals surface area contributed by atoms with Crippen LogP contribution in [0.2, 0.25) is 0 Å². The average molecular weight is 258 g/mol. The van der Waals surface area contributed by atoms with Crippen molar-refractivity contribution < 1.29 is 19.1 Å². The number of carbonyl (C=O) groups excluding carboxylic acids is 1. The molecule has 4 nitrogen and oxygen atoms in total. The highest BCUT2D eigenvalue weighted by Gasteiger charge is 2.33. The highest BCUT2D eigenvalue weighted by molar-refractivity contribution is 6.24. The zero-order valence-corrected chi connectivity index (χ0v) is 9.45. The predicted octanol–water partition coefficient (Wildman–Crippen LogP) is 1.87. The zero-order chi connectivity index (χ0) is 12.6. The molecule has 0 aliphatic carbocycles. The summed E-state index contributed by atoms with van der Waals surface area (Å²) in [7, 11) is 0. The maximum Gasteiger partial charge on any atom is 0.337 e. The van der Waals surface area contributed by atoms with E-state index in [1.807, 2.05) is 0 Å². The Bertz CT molecular complexity index is 492. The molecule has 0 bridgehead atoms. The summed E-state index contributed by atoms with van der Waals surface area (Å²) in [6, 6.07) is 3.67. The van der Waals surface area contributed by atoms with Gasteiger partial charge in [-0.2, -0.15) is 0 Å². The Morgan fingerprint density at radius 2 is 2.24 bits per heavy atom. The molecule has 6 heteroatoms. The second-order valence-corrected chi connectivity index (χ2v) is 4.36. The SMILES string of the molecule is O=C(O)c1cccc(F)c1N1CC(Cl)CC1=O. The quantitative estimate of drug-likeness (QED) is 0.823. The highest BCUT2D eigenvalue weighted by Crippen LogP contribution is 2.30. The van der Waals surface area contributed by atoms with Crippen molar-refractivity contribution in [1.29, 1.82) is 0 Å². The van der Waals surface area contributed by atoms with E-state index in [9.17, 15) is 14.0 Å². The van der Waals surface area contributed by atoms with Gasteiger partial charge in [-0.15, -0.1) is 11.6 Å². The number of amides is 1. The molecule has 0 saturated carbocycles. The third-order valence-corrected chi connectivity index (χ3v) is 2.86. The number of halogens is 2. The van der Waals surface area contributed by atoms with E-state index in [4.69, 9.17) is 16.7 Å². The van der Waals surface area contributed by atoms with Crippen molar-refractivity contribution in [3.05, 3.63) is 29.6 Å². The monoisotopic (exact) mass is 257 g/mol. The Kier molecular flexibility index (Phi) is 3.02. The van der Waals surface area contributed by atoms with Crippen LogP contribution >= 0.6 is 11.6 Å². The molecular formula is C11H9ClFNO3. The minimum absolute atomic E-state index is 0.0922. The third kappa shape index (κ3) is 2.10. The zero-order valence-electron chi connectivity index (χ0n) is 8.69. The van der Waals surface area contributed by atoms with Gasteiger partial charge >= 0.3 is 5.97 Å². The van der Waals surface area contributed by atoms with Gasteiger partial charge in [-0.25, -0.2) is 9.18 Å². The van der Waals surface area contributed by atoms with Gasteiger partial charge in [0.05, 0.1) is 16.6 Å². The largest absolute Gasteiger partial charge is 0.478 e. The lowest BCUT2D eigenvalue weighted by molar-refractivity contribution is -0.117. The number of carboxylic acids is 1. The van der Waals surface area contributed by atoms with E-state index in [0.29, 0.717) is 0 Å². The van der Waals surface area contributed by atoms with Crippen molar-refractivity contribution in [3.63, 3.8) is 0 Å². The van der Waals surface area contributed by atoms with Gasteiger partial charge < -0.3 is 10.0 Å². The van der Waals surface area contributed by atoms with Crippen LogP contribution in [-0.2, 0) is 4.79 Å². The van der Waals surface area contributed by atoms with Crippen molar-refractivity contribution in [2.75, 3.05) is 11.4 Å². The van der Waals surface area contributed by atoms with Crippen molar-refractivity contribution >= 4 is 29.2 Å². The molecule has 1 aromatic rings. The summed E-state index contributed by atoms with van der Waals surface area (Å²) in [6.07, 6.45) is 0.0922. The van der Waals surface area contributed by atoms with Gasteiger partial charge in [0.25, 0.3) is 0 Å². The van der Waals surface area contributed by atoms with E-state index in [-0.39, 0.29) is 30.1 Å². The van der Waals surface area contributed by atoms with Gasteiger partial charge in [-0.1, -0.05) is 6.07 Å². The smallest absolute Gasteiger partial charge is 0.337 e. The molecule has 1 fully saturated rings. The maximum atomic E-state index is 13.7. The van der Waals surface area contributed by atoms with Crippen LogP contribution in [-0.4, -0.2) is 28.9 Å². The molecule has 1 saturated heterocycles. The molecule has 1 unspecified atom stereocenters. The molecule has 1 amide bonds. The van der Waals surface area contributed by atoms with Crippen LogP contribution in [0.15, 0.2) is 18.2 Å². The van der Waals surface area contributed by atoms with Crippen LogP contribution in [0, 0.1) is 5.82 Å². The lowest BCUT2D eigenvalue weighted by Gasteiger charge is -2.18. The number of benzene rings is 1. The van der Waals surface area contributed by atoms with E-state index in [0.717, 1.165) is 11.0 Å². The van der Waals surface area contributed by atoms with Gasteiger partial charge in [-0.3, -0.25) is 4.79 Å². The number of aromatic carboxylic acids is 1. The van der Waals surface area contributed by atoms with Gasteiger partial charge in [-0.05, 0) is 12.1 Å². The molecule has 0 spiro atoms. The summed E-state index contributed by atoms with van der Waals surface area (Å²) in [5.41, 5.74) is -0.433. The Hall–Kier alpha value is -1.62. The van der Waals surface area contributed by atoms with E-state index >= 15 is 0 Å². The summed E-state index contributed by atoms with van der Waals surface area (Å²) in [6.45, 7) is 0.127. The van der Waals surface area contributed by atoms with E-state index < -0.39 is 17.2 Å². The van der Waals surface area contributed by atoms with Crippen LogP contribution in [0.3, 0.4) is 0 Å². The Morgan fingerprint density at radius 1 is 1.53 bits per heavy atom. The molecule has 1 atom stereocenters. The Morgan fingerprint density at radius 3 is 2.76 bits per heavy atom. The lowest BCUT2D eigenvalue weighted by atomic mass is 10.1. The number of hydrogen-bond donors (Lipinski definition) is 1. The van der Waals surface area contributed by atoms with Crippen LogP contribution in [0.1, 0.15) is 16.8 Å². The molecule has 2 rings (SSSR count). The molecule has 1 heterocycles. The molecular weight excluding hydrogens is 249 g/mol. The Labute approximate surface area is 102 Å². The molecule has 1 N–H and O–H groups in total. The maximum absolute atomic E-state index is 13.7. The van der Waals surface area contributed by atoms with Gasteiger partial charge in [0, 0.05) is 13.0 Å². The van der Waals surface area contributed by atoms with Crippen molar-refractivity contribution in [1.82, 2.24) is 0 Å². The molecule has 17 heavy (non-hydrogen) atoms. The van der Waals surface area contributed by atoms with Crippen molar-refractivity contribution in [2.45, 2.75) is 11.8 Å². The van der Waals surface area contributed by atoms with Crippen molar-refractivity contribution in [3.8, 4) is 0 Å². The van der Waals surface area contributed by atoms with Crippen LogP contribution in [0.25, 0.3) is 0 Å². The average Bonchev–Trinajstić information content (AvgIpc) is 2.57. The summed E-state index contributed by atoms with van der Waals surface area (Å²) >= 11 is 5.80. The number of nitrogens with zero attached hydrogens (tertiary/aromatic N) is 1. The van der Waals surface area contributed by atoms with Crippen LogP contribution < -0.4 is 4.90 Å². The number of carboxylic acid groups (broad SMARTS) is 1. The fourth-order valence-electron chi connectivity index (χ4n) is 1.84. The summed E-state index contributed by atoms with van der Waals surface area (Å²) in [5, 5.41) is 8.55. The molecule has 1 aliphatic rings. The first-order chi connectivity index (χ1) is 8.00. The van der Waals surface area contributed by atoms with E-state index in [2.05, 4.69) is 0 Å². The summed E-state index contributed by atoms with van der Waals surface area (Å²) < 4.78 is 13.7. The fourth-order valence-corrected chi connectivity index (χ4v) is 2.11.